The van der Waals surface area contributed by atoms with Crippen molar-refractivity contribution in [1.82, 2.24) is 9.88 Å². The van der Waals surface area contributed by atoms with Crippen molar-refractivity contribution in [3.8, 4) is 0 Å². The molecule has 1 aliphatic heterocycles. The van der Waals surface area contributed by atoms with E-state index in [1.54, 1.807) is 12.3 Å². The van der Waals surface area contributed by atoms with E-state index in [4.69, 9.17) is 5.11 Å². The van der Waals surface area contributed by atoms with Crippen molar-refractivity contribution in [1.29, 1.82) is 0 Å². The van der Waals surface area contributed by atoms with Gasteiger partial charge in [-0.05, 0) is 54.4 Å². The Hall–Kier alpha value is -2.67. The molecule has 1 fully saturated rings. The number of amides is 2. The first-order valence-electron chi connectivity index (χ1n) is 8.86. The number of carboxylic acids is 1. The lowest BCUT2D eigenvalue weighted by molar-refractivity contribution is -0.137. The SMILES string of the molecule is O=C(O)CCCCCCN1C(=O)SC(=Cc2ccc3ncccc3c2)C1=O. The summed E-state index contributed by atoms with van der Waals surface area (Å²) in [7, 11) is 0. The standard InChI is InChI=1S/C20H20N2O4S/c23-18(24)7-3-1-2-4-11-22-19(25)17(27-20(22)26)13-14-8-9-16-15(12-14)6-5-10-21-16/h5-6,8-10,12-13H,1-4,7,11H2,(H,23,24). The van der Waals surface area contributed by atoms with Gasteiger partial charge in [0.15, 0.2) is 0 Å². The van der Waals surface area contributed by atoms with Crippen LogP contribution in [-0.4, -0.2) is 38.7 Å². The number of hydrogen-bond donors (Lipinski definition) is 1. The summed E-state index contributed by atoms with van der Waals surface area (Å²) < 4.78 is 0. The van der Waals surface area contributed by atoms with E-state index in [1.165, 1.54) is 4.90 Å². The number of pyridine rings is 1. The highest BCUT2D eigenvalue weighted by atomic mass is 32.2. The highest BCUT2D eigenvalue weighted by molar-refractivity contribution is 8.18. The smallest absolute Gasteiger partial charge is 0.303 e. The fourth-order valence-electron chi connectivity index (χ4n) is 2.93. The van der Waals surface area contributed by atoms with Crippen molar-refractivity contribution in [2.75, 3.05) is 6.54 Å². The molecule has 0 aliphatic carbocycles. The number of carbonyl (C=O) groups is 3. The number of unbranched alkanes of at least 4 members (excludes halogenated alkanes) is 3. The van der Waals surface area contributed by atoms with Crippen molar-refractivity contribution in [2.24, 2.45) is 0 Å². The van der Waals surface area contributed by atoms with Gasteiger partial charge in [-0.2, -0.15) is 0 Å². The van der Waals surface area contributed by atoms with Crippen molar-refractivity contribution >= 4 is 45.9 Å². The van der Waals surface area contributed by atoms with Gasteiger partial charge in [-0.25, -0.2) is 0 Å². The van der Waals surface area contributed by atoms with Gasteiger partial charge < -0.3 is 5.11 Å². The van der Waals surface area contributed by atoms with Gasteiger partial charge in [0, 0.05) is 24.5 Å². The van der Waals surface area contributed by atoms with Gasteiger partial charge in [-0.15, -0.1) is 0 Å². The third-order valence-electron chi connectivity index (χ3n) is 4.32. The van der Waals surface area contributed by atoms with Crippen LogP contribution in [0.1, 0.15) is 37.7 Å². The van der Waals surface area contributed by atoms with Crippen LogP contribution in [0.15, 0.2) is 41.4 Å². The minimum Gasteiger partial charge on any atom is -0.481 e. The zero-order valence-corrected chi connectivity index (χ0v) is 15.6. The second-order valence-corrected chi connectivity index (χ2v) is 7.34. The highest BCUT2D eigenvalue weighted by Gasteiger charge is 2.34. The van der Waals surface area contributed by atoms with Crippen molar-refractivity contribution < 1.29 is 19.5 Å². The zero-order chi connectivity index (χ0) is 19.2. The van der Waals surface area contributed by atoms with Crippen LogP contribution in [0.2, 0.25) is 0 Å². The van der Waals surface area contributed by atoms with Crippen LogP contribution in [0.3, 0.4) is 0 Å². The molecule has 0 radical (unpaired) electrons. The van der Waals surface area contributed by atoms with E-state index in [-0.39, 0.29) is 17.6 Å². The first-order valence-corrected chi connectivity index (χ1v) is 9.68. The molecular weight excluding hydrogens is 364 g/mol. The molecule has 0 bridgehead atoms. The molecule has 6 nitrogen and oxygen atoms in total. The summed E-state index contributed by atoms with van der Waals surface area (Å²) in [6.45, 7) is 0.372. The Bertz CT molecular complexity index is 910. The average Bonchev–Trinajstić information content (AvgIpc) is 2.91. The van der Waals surface area contributed by atoms with Crippen LogP contribution >= 0.6 is 11.8 Å². The van der Waals surface area contributed by atoms with Gasteiger partial charge in [-0.1, -0.05) is 25.0 Å². The number of aromatic nitrogens is 1. The summed E-state index contributed by atoms with van der Waals surface area (Å²) in [5.74, 6) is -1.06. The number of fused-ring (bicyclic) bond motifs is 1. The molecule has 140 valence electrons. The summed E-state index contributed by atoms with van der Waals surface area (Å²) in [6, 6.07) is 9.53. The number of hydrogen-bond acceptors (Lipinski definition) is 5. The number of aliphatic carboxylic acids is 1. The molecule has 0 atom stereocenters. The predicted molar refractivity (Wildman–Crippen MR) is 105 cm³/mol. The number of carbonyl (C=O) groups excluding carboxylic acids is 2. The number of benzene rings is 1. The van der Waals surface area contributed by atoms with Gasteiger partial charge in [0.25, 0.3) is 11.1 Å². The van der Waals surface area contributed by atoms with Gasteiger partial charge in [0.2, 0.25) is 0 Å². The molecule has 3 rings (SSSR count). The fraction of sp³-hybridized carbons (Fsp3) is 0.300. The lowest BCUT2D eigenvalue weighted by atomic mass is 10.1. The van der Waals surface area contributed by atoms with Gasteiger partial charge in [-0.3, -0.25) is 24.3 Å². The van der Waals surface area contributed by atoms with E-state index in [0.29, 0.717) is 24.3 Å². The van der Waals surface area contributed by atoms with Gasteiger partial charge >= 0.3 is 5.97 Å². The Morgan fingerprint density at radius 2 is 1.96 bits per heavy atom. The third-order valence-corrected chi connectivity index (χ3v) is 5.23. The molecule has 1 aliphatic rings. The predicted octanol–water partition coefficient (Wildman–Crippen LogP) is 4.31. The maximum absolute atomic E-state index is 12.5. The van der Waals surface area contributed by atoms with E-state index in [9.17, 15) is 14.4 Å². The van der Waals surface area contributed by atoms with Crippen LogP contribution in [0.4, 0.5) is 4.79 Å². The molecule has 27 heavy (non-hydrogen) atoms. The zero-order valence-electron chi connectivity index (χ0n) is 14.8. The van der Waals surface area contributed by atoms with E-state index in [0.717, 1.165) is 41.1 Å². The van der Waals surface area contributed by atoms with Gasteiger partial charge in [0.1, 0.15) is 0 Å². The molecule has 0 unspecified atom stereocenters. The van der Waals surface area contributed by atoms with Crippen LogP contribution in [0.5, 0.6) is 0 Å². The molecule has 1 aromatic heterocycles. The van der Waals surface area contributed by atoms with Crippen LogP contribution in [0.25, 0.3) is 17.0 Å². The average molecular weight is 384 g/mol. The molecule has 7 heteroatoms. The first kappa shape index (κ1) is 19.1. The summed E-state index contributed by atoms with van der Waals surface area (Å²) >= 11 is 0.959. The quantitative estimate of drug-likeness (QED) is 0.539. The summed E-state index contributed by atoms with van der Waals surface area (Å²) in [4.78, 5) is 41.1. The third kappa shape index (κ3) is 4.95. The molecule has 2 amide bonds. The van der Waals surface area contributed by atoms with Crippen LogP contribution in [0, 0.1) is 0 Å². The van der Waals surface area contributed by atoms with Crippen molar-refractivity contribution in [3.05, 3.63) is 47.0 Å². The molecule has 1 saturated heterocycles. The molecule has 2 aromatic rings. The number of thioether (sulfide) groups is 1. The Labute approximate surface area is 161 Å². The first-order chi connectivity index (χ1) is 13.0. The Balaban J connectivity index is 1.59. The molecule has 1 aromatic carbocycles. The summed E-state index contributed by atoms with van der Waals surface area (Å²) in [5.41, 5.74) is 1.74. The van der Waals surface area contributed by atoms with E-state index in [1.807, 2.05) is 30.3 Å². The molecule has 1 N–H and O–H groups in total. The van der Waals surface area contributed by atoms with E-state index < -0.39 is 5.97 Å². The van der Waals surface area contributed by atoms with Gasteiger partial charge in [0.05, 0.1) is 10.4 Å². The second kappa shape index (κ2) is 8.81. The Kier molecular flexibility index (Phi) is 6.24. The maximum Gasteiger partial charge on any atom is 0.303 e. The lowest BCUT2D eigenvalue weighted by Gasteiger charge is -2.11. The lowest BCUT2D eigenvalue weighted by Crippen LogP contribution is -2.29. The molecule has 2 heterocycles. The van der Waals surface area contributed by atoms with Crippen LogP contribution < -0.4 is 0 Å². The highest BCUT2D eigenvalue weighted by Crippen LogP contribution is 2.32. The normalized spacial score (nSPS) is 15.9. The number of imide groups is 1. The summed E-state index contributed by atoms with van der Waals surface area (Å²) in [6.07, 6.45) is 6.51. The Morgan fingerprint density at radius 1 is 1.15 bits per heavy atom. The number of nitrogens with zero attached hydrogens (tertiary/aromatic N) is 2. The molecule has 0 spiro atoms. The van der Waals surface area contributed by atoms with Crippen LogP contribution in [-0.2, 0) is 9.59 Å². The minimum absolute atomic E-state index is 0.158. The topological polar surface area (TPSA) is 87.6 Å². The maximum atomic E-state index is 12.5. The monoisotopic (exact) mass is 384 g/mol. The van der Waals surface area contributed by atoms with Crippen molar-refractivity contribution in [3.63, 3.8) is 0 Å². The number of carboxylic acid groups (broad SMARTS) is 1. The Morgan fingerprint density at radius 3 is 2.78 bits per heavy atom. The van der Waals surface area contributed by atoms with E-state index >= 15 is 0 Å². The van der Waals surface area contributed by atoms with Crippen molar-refractivity contribution in [2.45, 2.75) is 32.1 Å². The van der Waals surface area contributed by atoms with E-state index in [2.05, 4.69) is 4.98 Å². The fourth-order valence-corrected chi connectivity index (χ4v) is 3.79. The molecular formula is C20H20N2O4S. The largest absolute Gasteiger partial charge is 0.481 e. The second-order valence-electron chi connectivity index (χ2n) is 6.35. The molecule has 0 saturated carbocycles. The summed E-state index contributed by atoms with van der Waals surface area (Å²) in [5, 5.41) is 9.34. The number of rotatable bonds is 8. The minimum atomic E-state index is -0.796.